The lowest BCUT2D eigenvalue weighted by molar-refractivity contribution is 0.0871. The highest BCUT2D eigenvalue weighted by Gasteiger charge is 2.27. The Morgan fingerprint density at radius 3 is 2.63 bits per heavy atom. The van der Waals surface area contributed by atoms with Gasteiger partial charge in [0.05, 0.1) is 12.2 Å². The number of rotatable bonds is 4. The van der Waals surface area contributed by atoms with Crippen molar-refractivity contribution < 1.29 is 9.53 Å². The van der Waals surface area contributed by atoms with Crippen LogP contribution in [-0.4, -0.2) is 12.4 Å². The fourth-order valence-electron chi connectivity index (χ4n) is 2.72. The van der Waals surface area contributed by atoms with Crippen LogP contribution in [0.5, 0.6) is 5.75 Å². The van der Waals surface area contributed by atoms with Crippen molar-refractivity contribution in [2.24, 2.45) is 11.8 Å². The molecule has 2 nitrogen and oxygen atoms in total. The molecule has 0 radical (unpaired) electrons. The van der Waals surface area contributed by atoms with Gasteiger partial charge in [0, 0.05) is 10.4 Å². The third-order valence-electron chi connectivity index (χ3n) is 3.89. The van der Waals surface area contributed by atoms with E-state index < -0.39 is 0 Å². The minimum Gasteiger partial charge on any atom is -0.493 e. The Morgan fingerprint density at radius 1 is 1.32 bits per heavy atom. The van der Waals surface area contributed by atoms with Crippen molar-refractivity contribution in [2.45, 2.75) is 39.5 Å². The van der Waals surface area contributed by atoms with Crippen molar-refractivity contribution in [3.63, 3.8) is 0 Å². The molecular weight excluding hydrogens is 304 g/mol. The third-order valence-corrected chi connectivity index (χ3v) is 4.39. The maximum atomic E-state index is 12.7. The highest BCUT2D eigenvalue weighted by Crippen LogP contribution is 2.33. The summed E-state index contributed by atoms with van der Waals surface area (Å²) in [4.78, 5) is 12.7. The van der Waals surface area contributed by atoms with Crippen LogP contribution in [0.4, 0.5) is 0 Å². The van der Waals surface area contributed by atoms with E-state index in [-0.39, 0.29) is 11.7 Å². The molecule has 1 aliphatic carbocycles. The van der Waals surface area contributed by atoms with Crippen LogP contribution >= 0.6 is 15.9 Å². The van der Waals surface area contributed by atoms with Crippen molar-refractivity contribution in [1.29, 1.82) is 0 Å². The number of hydrogen-bond donors (Lipinski definition) is 0. The zero-order valence-electron chi connectivity index (χ0n) is 11.6. The molecule has 1 aromatic rings. The highest BCUT2D eigenvalue weighted by atomic mass is 79.9. The first-order chi connectivity index (χ1) is 9.11. The van der Waals surface area contributed by atoms with Crippen LogP contribution in [0.25, 0.3) is 0 Å². The van der Waals surface area contributed by atoms with Crippen molar-refractivity contribution in [3.05, 3.63) is 28.2 Å². The molecule has 1 saturated carbocycles. The maximum Gasteiger partial charge on any atom is 0.169 e. The lowest BCUT2D eigenvalue weighted by Gasteiger charge is -2.25. The second-order valence-electron chi connectivity index (χ2n) is 5.39. The second-order valence-corrected chi connectivity index (χ2v) is 6.31. The summed E-state index contributed by atoms with van der Waals surface area (Å²) in [6.07, 6.45) is 4.35. The number of ketones is 1. The molecule has 0 atom stereocenters. The van der Waals surface area contributed by atoms with Crippen LogP contribution in [0.2, 0.25) is 0 Å². The molecule has 0 spiro atoms. The Balaban J connectivity index is 2.20. The average molecular weight is 325 g/mol. The van der Waals surface area contributed by atoms with Gasteiger partial charge in [0.25, 0.3) is 0 Å². The third kappa shape index (κ3) is 3.59. The van der Waals surface area contributed by atoms with Gasteiger partial charge in [-0.25, -0.2) is 0 Å². The van der Waals surface area contributed by atoms with Crippen molar-refractivity contribution in [2.75, 3.05) is 6.61 Å². The minimum atomic E-state index is 0.171. The summed E-state index contributed by atoms with van der Waals surface area (Å²) in [6, 6.07) is 5.70. The number of Topliss-reactive ketones (excluding diaryl/α,β-unsaturated/α-hetero) is 1. The fraction of sp³-hybridized carbons (Fsp3) is 0.562. The molecule has 1 fully saturated rings. The fourth-order valence-corrected chi connectivity index (χ4v) is 3.08. The topological polar surface area (TPSA) is 26.3 Å². The molecule has 0 bridgehead atoms. The molecule has 0 saturated heterocycles. The van der Waals surface area contributed by atoms with Gasteiger partial charge in [-0.15, -0.1) is 0 Å². The molecule has 1 aliphatic rings. The van der Waals surface area contributed by atoms with Crippen LogP contribution in [0.3, 0.4) is 0 Å². The largest absolute Gasteiger partial charge is 0.493 e. The minimum absolute atomic E-state index is 0.171. The monoisotopic (exact) mass is 324 g/mol. The lowest BCUT2D eigenvalue weighted by atomic mass is 9.79. The van der Waals surface area contributed by atoms with E-state index in [1.807, 2.05) is 25.1 Å². The zero-order chi connectivity index (χ0) is 13.8. The normalized spacial score (nSPS) is 23.1. The van der Waals surface area contributed by atoms with E-state index >= 15 is 0 Å². The summed E-state index contributed by atoms with van der Waals surface area (Å²) >= 11 is 3.44. The van der Waals surface area contributed by atoms with Crippen molar-refractivity contribution >= 4 is 21.7 Å². The molecule has 1 aromatic carbocycles. The summed E-state index contributed by atoms with van der Waals surface area (Å²) in [5, 5.41) is 0. The van der Waals surface area contributed by atoms with Gasteiger partial charge in [-0.1, -0.05) is 35.7 Å². The SMILES string of the molecule is CCOc1ccc(Br)cc1C(=O)C1CCC(C)CC1. The number of carbonyl (C=O) groups excluding carboxylic acids is 1. The predicted molar refractivity (Wildman–Crippen MR) is 80.8 cm³/mol. The molecule has 0 unspecified atom stereocenters. The van der Waals surface area contributed by atoms with Crippen LogP contribution in [0, 0.1) is 11.8 Å². The van der Waals surface area contributed by atoms with E-state index in [0.717, 1.165) is 41.6 Å². The van der Waals surface area contributed by atoms with Gasteiger partial charge in [-0.2, -0.15) is 0 Å². The highest BCUT2D eigenvalue weighted by molar-refractivity contribution is 9.10. The number of benzene rings is 1. The summed E-state index contributed by atoms with van der Waals surface area (Å²) in [7, 11) is 0. The Labute approximate surface area is 123 Å². The summed E-state index contributed by atoms with van der Waals surface area (Å²) in [5.74, 6) is 1.90. The van der Waals surface area contributed by atoms with Gasteiger partial charge in [0.1, 0.15) is 5.75 Å². The maximum absolute atomic E-state index is 12.7. The second kappa shape index (κ2) is 6.56. The van der Waals surface area contributed by atoms with Crippen molar-refractivity contribution in [3.8, 4) is 5.75 Å². The van der Waals surface area contributed by atoms with Crippen LogP contribution in [0.1, 0.15) is 49.9 Å². The Morgan fingerprint density at radius 2 is 2.00 bits per heavy atom. The molecule has 104 valence electrons. The molecule has 3 heteroatoms. The average Bonchev–Trinajstić information content (AvgIpc) is 2.41. The zero-order valence-corrected chi connectivity index (χ0v) is 13.2. The van der Waals surface area contributed by atoms with Gasteiger partial charge >= 0.3 is 0 Å². The summed E-state index contributed by atoms with van der Waals surface area (Å²) < 4.78 is 6.52. The van der Waals surface area contributed by atoms with E-state index in [9.17, 15) is 4.79 Å². The molecule has 0 heterocycles. The number of hydrogen-bond acceptors (Lipinski definition) is 2. The van der Waals surface area contributed by atoms with E-state index in [0.29, 0.717) is 12.4 Å². The van der Waals surface area contributed by atoms with Gasteiger partial charge in [-0.05, 0) is 43.9 Å². The van der Waals surface area contributed by atoms with Crippen LogP contribution < -0.4 is 4.74 Å². The lowest BCUT2D eigenvalue weighted by Crippen LogP contribution is -2.21. The van der Waals surface area contributed by atoms with Gasteiger partial charge in [0.15, 0.2) is 5.78 Å². The number of halogens is 1. The van der Waals surface area contributed by atoms with E-state index in [4.69, 9.17) is 4.74 Å². The first-order valence-corrected chi connectivity index (χ1v) is 7.87. The van der Waals surface area contributed by atoms with Gasteiger partial charge in [0.2, 0.25) is 0 Å². The Hall–Kier alpha value is -0.830. The van der Waals surface area contributed by atoms with Gasteiger partial charge in [-0.3, -0.25) is 4.79 Å². The van der Waals surface area contributed by atoms with E-state index in [1.165, 1.54) is 0 Å². The smallest absolute Gasteiger partial charge is 0.169 e. The predicted octanol–water partition coefficient (Wildman–Crippen LogP) is 4.86. The Kier molecular flexibility index (Phi) is 5.03. The van der Waals surface area contributed by atoms with Crippen LogP contribution in [0.15, 0.2) is 22.7 Å². The summed E-state index contributed by atoms with van der Waals surface area (Å²) in [5.41, 5.74) is 0.732. The standard InChI is InChI=1S/C16H21BrO2/c1-3-19-15-9-8-13(17)10-14(15)16(18)12-6-4-11(2)5-7-12/h8-12H,3-7H2,1-2H3. The number of ether oxygens (including phenoxy) is 1. The number of carbonyl (C=O) groups is 1. The molecule has 0 aromatic heterocycles. The van der Waals surface area contributed by atoms with Crippen molar-refractivity contribution in [1.82, 2.24) is 0 Å². The van der Waals surface area contributed by atoms with E-state index in [2.05, 4.69) is 22.9 Å². The Bertz CT molecular complexity index is 448. The molecule has 2 rings (SSSR count). The molecule has 0 aliphatic heterocycles. The first kappa shape index (κ1) is 14.6. The molecular formula is C16H21BrO2. The van der Waals surface area contributed by atoms with Gasteiger partial charge < -0.3 is 4.74 Å². The van der Waals surface area contributed by atoms with Crippen LogP contribution in [-0.2, 0) is 0 Å². The molecule has 0 N–H and O–H groups in total. The van der Waals surface area contributed by atoms with E-state index in [1.54, 1.807) is 0 Å². The molecule has 19 heavy (non-hydrogen) atoms. The first-order valence-electron chi connectivity index (χ1n) is 7.08. The molecule has 0 amide bonds. The summed E-state index contributed by atoms with van der Waals surface area (Å²) in [6.45, 7) is 4.80. The quantitative estimate of drug-likeness (QED) is 0.739.